The topological polar surface area (TPSA) is 71.4 Å². The number of para-hydroxylation sites is 1. The van der Waals surface area contributed by atoms with Crippen molar-refractivity contribution in [1.82, 2.24) is 4.98 Å². The van der Waals surface area contributed by atoms with Crippen molar-refractivity contribution in [2.45, 2.75) is 18.7 Å². The fraction of sp³-hybridized carbons (Fsp3) is 0.304. The quantitative estimate of drug-likeness (QED) is 0.507. The molecule has 2 aliphatic rings. The predicted molar refractivity (Wildman–Crippen MR) is 118 cm³/mol. The van der Waals surface area contributed by atoms with Gasteiger partial charge in [-0.1, -0.05) is 35.5 Å². The summed E-state index contributed by atoms with van der Waals surface area (Å²) in [6.45, 7) is 0.706. The van der Waals surface area contributed by atoms with E-state index in [1.54, 1.807) is 14.2 Å². The molecule has 0 aliphatic carbocycles. The molecule has 2 aliphatic heterocycles. The lowest BCUT2D eigenvalue weighted by Gasteiger charge is -2.27. The van der Waals surface area contributed by atoms with Gasteiger partial charge in [-0.2, -0.15) is 0 Å². The van der Waals surface area contributed by atoms with Crippen molar-refractivity contribution in [3.8, 4) is 5.75 Å². The Morgan fingerprint density at radius 3 is 2.68 bits per heavy atom. The molecule has 0 fully saturated rings. The van der Waals surface area contributed by atoms with Crippen LogP contribution in [0.4, 0.5) is 0 Å². The first-order valence-electron chi connectivity index (χ1n) is 9.87. The molecule has 5 rings (SSSR count). The molecule has 3 aromatic rings. The van der Waals surface area contributed by atoms with Gasteiger partial charge >= 0.3 is 0 Å². The van der Waals surface area contributed by atoms with Gasteiger partial charge in [0.2, 0.25) is 0 Å². The van der Waals surface area contributed by atoms with E-state index in [0.29, 0.717) is 23.5 Å². The number of nitrogens with zero attached hydrogens (tertiary/aromatic N) is 2. The maximum absolute atomic E-state index is 6.40. The molecule has 3 atom stereocenters. The summed E-state index contributed by atoms with van der Waals surface area (Å²) < 4.78 is 23.9. The lowest BCUT2D eigenvalue weighted by molar-refractivity contribution is -0.314. The zero-order chi connectivity index (χ0) is 21.4. The zero-order valence-corrected chi connectivity index (χ0v) is 18.7. The van der Waals surface area contributed by atoms with Crippen molar-refractivity contribution >= 4 is 31.5 Å². The average molecular weight is 485 g/mol. The van der Waals surface area contributed by atoms with Crippen LogP contribution in [0.5, 0.6) is 5.75 Å². The van der Waals surface area contributed by atoms with E-state index < -0.39 is 12.1 Å². The maximum Gasteiger partial charge on any atom is 0.294 e. The van der Waals surface area contributed by atoms with Gasteiger partial charge in [0.15, 0.2) is 6.29 Å². The second-order valence-electron chi connectivity index (χ2n) is 7.41. The Balaban J connectivity index is 1.51. The van der Waals surface area contributed by atoms with Crippen LogP contribution in [0.2, 0.25) is 0 Å². The van der Waals surface area contributed by atoms with E-state index in [4.69, 9.17) is 28.8 Å². The highest BCUT2D eigenvalue weighted by molar-refractivity contribution is 9.18. The molecule has 0 amide bonds. The highest BCUT2D eigenvalue weighted by Crippen LogP contribution is 2.52. The van der Waals surface area contributed by atoms with Crippen LogP contribution in [0, 0.1) is 5.92 Å². The SMILES string of the molecule is COCC1C(Br)=NO[C@]12O[C@H](OCc1ccc(OC)cc1)c1cc3ccccc3nc12. The number of hydrogen-bond acceptors (Lipinski definition) is 7. The van der Waals surface area contributed by atoms with Gasteiger partial charge in [-0.05, 0) is 45.8 Å². The van der Waals surface area contributed by atoms with Crippen molar-refractivity contribution in [2.75, 3.05) is 20.8 Å². The molecule has 0 saturated heterocycles. The maximum atomic E-state index is 6.40. The first-order chi connectivity index (χ1) is 15.1. The normalized spacial score (nSPS) is 24.3. The third-order valence-corrected chi connectivity index (χ3v) is 6.23. The van der Waals surface area contributed by atoms with Crippen LogP contribution in [-0.4, -0.2) is 30.4 Å². The summed E-state index contributed by atoms with van der Waals surface area (Å²) in [5.41, 5.74) is 3.33. The van der Waals surface area contributed by atoms with Gasteiger partial charge in [-0.25, -0.2) is 4.98 Å². The van der Waals surface area contributed by atoms with Crippen molar-refractivity contribution < 1.29 is 23.8 Å². The van der Waals surface area contributed by atoms with Gasteiger partial charge in [0.1, 0.15) is 22.0 Å². The predicted octanol–water partition coefficient (Wildman–Crippen LogP) is 4.64. The molecule has 1 unspecified atom stereocenters. The molecule has 1 spiro atoms. The van der Waals surface area contributed by atoms with Gasteiger partial charge in [0.05, 0.1) is 25.8 Å². The Kier molecular flexibility index (Phi) is 5.39. The molecule has 3 heterocycles. The fourth-order valence-corrected chi connectivity index (χ4v) is 4.45. The van der Waals surface area contributed by atoms with Crippen molar-refractivity contribution in [2.24, 2.45) is 11.1 Å². The Morgan fingerprint density at radius 1 is 1.10 bits per heavy atom. The number of benzene rings is 2. The highest BCUT2D eigenvalue weighted by atomic mass is 79.9. The van der Waals surface area contributed by atoms with E-state index in [0.717, 1.165) is 27.8 Å². The van der Waals surface area contributed by atoms with Crippen molar-refractivity contribution in [3.63, 3.8) is 0 Å². The number of halogens is 1. The van der Waals surface area contributed by atoms with Crippen LogP contribution < -0.4 is 4.74 Å². The van der Waals surface area contributed by atoms with Crippen LogP contribution in [0.1, 0.15) is 23.1 Å². The Hall–Kier alpha value is -2.52. The van der Waals surface area contributed by atoms with Crippen LogP contribution in [0.3, 0.4) is 0 Å². The summed E-state index contributed by atoms with van der Waals surface area (Å²) in [5, 5.41) is 5.14. The van der Waals surface area contributed by atoms with Gasteiger partial charge in [-0.15, -0.1) is 0 Å². The van der Waals surface area contributed by atoms with E-state index in [1.807, 2.05) is 54.6 Å². The summed E-state index contributed by atoms with van der Waals surface area (Å²) in [6, 6.07) is 17.7. The van der Waals surface area contributed by atoms with E-state index in [1.165, 1.54) is 0 Å². The summed E-state index contributed by atoms with van der Waals surface area (Å²) in [4.78, 5) is 10.7. The number of methoxy groups -OCH3 is 2. The van der Waals surface area contributed by atoms with E-state index in [2.05, 4.69) is 21.1 Å². The first-order valence-corrected chi connectivity index (χ1v) is 10.7. The molecule has 160 valence electrons. The number of aromatic nitrogens is 1. The smallest absolute Gasteiger partial charge is 0.294 e. The van der Waals surface area contributed by atoms with Gasteiger partial charge in [0.25, 0.3) is 5.79 Å². The second kappa shape index (κ2) is 8.20. The third kappa shape index (κ3) is 3.49. The fourth-order valence-electron chi connectivity index (χ4n) is 3.94. The largest absolute Gasteiger partial charge is 0.497 e. The monoisotopic (exact) mass is 484 g/mol. The number of oxime groups is 1. The minimum atomic E-state index is -1.21. The second-order valence-corrected chi connectivity index (χ2v) is 8.22. The first kappa shape index (κ1) is 20.4. The minimum Gasteiger partial charge on any atom is -0.497 e. The Bertz CT molecular complexity index is 1140. The lowest BCUT2D eigenvalue weighted by atomic mass is 9.95. The third-order valence-electron chi connectivity index (χ3n) is 5.53. The van der Waals surface area contributed by atoms with E-state index >= 15 is 0 Å². The number of rotatable bonds is 6. The highest BCUT2D eigenvalue weighted by Gasteiger charge is 2.60. The van der Waals surface area contributed by atoms with E-state index in [9.17, 15) is 0 Å². The average Bonchev–Trinajstić information content (AvgIpc) is 3.28. The summed E-state index contributed by atoms with van der Waals surface area (Å²) in [7, 11) is 3.28. The minimum absolute atomic E-state index is 0.306. The molecule has 0 N–H and O–H groups in total. The molecule has 2 aromatic carbocycles. The molecule has 31 heavy (non-hydrogen) atoms. The molecule has 0 saturated carbocycles. The van der Waals surface area contributed by atoms with Gasteiger partial charge in [-0.3, -0.25) is 4.74 Å². The van der Waals surface area contributed by atoms with Crippen LogP contribution in [0.15, 0.2) is 59.8 Å². The zero-order valence-electron chi connectivity index (χ0n) is 17.1. The molecule has 0 bridgehead atoms. The van der Waals surface area contributed by atoms with E-state index in [-0.39, 0.29) is 5.92 Å². The molecular weight excluding hydrogens is 464 g/mol. The number of fused-ring (bicyclic) bond motifs is 3. The van der Waals surface area contributed by atoms with Crippen LogP contribution in [-0.2, 0) is 31.4 Å². The van der Waals surface area contributed by atoms with Gasteiger partial charge < -0.3 is 19.0 Å². The lowest BCUT2D eigenvalue weighted by Crippen LogP contribution is -2.38. The van der Waals surface area contributed by atoms with Crippen molar-refractivity contribution in [3.05, 3.63) is 71.4 Å². The molecule has 7 nitrogen and oxygen atoms in total. The summed E-state index contributed by atoms with van der Waals surface area (Å²) in [5.74, 6) is -0.720. The number of hydrogen-bond donors (Lipinski definition) is 0. The number of ether oxygens (including phenoxy) is 4. The van der Waals surface area contributed by atoms with Crippen molar-refractivity contribution in [1.29, 1.82) is 0 Å². The molecule has 0 radical (unpaired) electrons. The molecular formula is C23H21BrN2O5. The Morgan fingerprint density at radius 2 is 1.90 bits per heavy atom. The number of pyridine rings is 1. The van der Waals surface area contributed by atoms with Crippen LogP contribution >= 0.6 is 15.9 Å². The standard InChI is InChI=1S/C23H21BrN2O5/c1-27-13-18-21(24)26-31-23(18)20-17(11-15-5-3-4-6-19(15)25-20)22(30-23)29-12-14-7-9-16(28-2)10-8-14/h3-11,18,22H,12-13H2,1-2H3/t18?,22-,23+/m0/s1. The summed E-state index contributed by atoms with van der Waals surface area (Å²) in [6.07, 6.45) is -0.665. The summed E-state index contributed by atoms with van der Waals surface area (Å²) >= 11 is 3.49. The van der Waals surface area contributed by atoms with Gasteiger partial charge in [0, 0.05) is 18.1 Å². The molecule has 8 heteroatoms. The van der Waals surface area contributed by atoms with Crippen LogP contribution in [0.25, 0.3) is 10.9 Å². The Labute approximate surface area is 188 Å². The molecule has 1 aromatic heterocycles.